The van der Waals surface area contributed by atoms with Gasteiger partial charge in [-0.15, -0.1) is 0 Å². The van der Waals surface area contributed by atoms with Crippen molar-refractivity contribution in [2.75, 3.05) is 24.7 Å². The zero-order valence-electron chi connectivity index (χ0n) is 23.3. The van der Waals surface area contributed by atoms with E-state index in [2.05, 4.69) is 4.98 Å². The van der Waals surface area contributed by atoms with E-state index in [4.69, 9.17) is 15.2 Å². The number of amides is 1. The maximum atomic E-state index is 14.0. The van der Waals surface area contributed by atoms with E-state index < -0.39 is 61.1 Å². The van der Waals surface area contributed by atoms with Gasteiger partial charge in [-0.1, -0.05) is 44.2 Å². The molecule has 1 amide bonds. The molecule has 0 aliphatic carbocycles. The largest absolute Gasteiger partial charge is 0.486 e. The molecule has 0 radical (unpaired) electrons. The summed E-state index contributed by atoms with van der Waals surface area (Å²) in [6.45, 7) is 3.55. The van der Waals surface area contributed by atoms with Gasteiger partial charge in [-0.2, -0.15) is 0 Å². The number of aromatic nitrogens is 1. The van der Waals surface area contributed by atoms with E-state index in [1.165, 1.54) is 49.6 Å². The predicted molar refractivity (Wildman–Crippen MR) is 155 cm³/mol. The molecule has 0 saturated heterocycles. The number of rotatable bonds is 12. The molecule has 1 aliphatic heterocycles. The zero-order valence-corrected chi connectivity index (χ0v) is 24.9. The lowest BCUT2D eigenvalue weighted by Gasteiger charge is -2.34. The Morgan fingerprint density at radius 3 is 2.24 bits per heavy atom. The Morgan fingerprint density at radius 2 is 1.57 bits per heavy atom. The molecule has 1 unspecified atom stereocenters. The summed E-state index contributed by atoms with van der Waals surface area (Å²) in [6, 6.07) is 16.0. The van der Waals surface area contributed by atoms with Crippen molar-refractivity contribution in [2.24, 2.45) is 17.6 Å². The molecule has 0 saturated carbocycles. The predicted octanol–water partition coefficient (Wildman–Crippen LogP) is 2.47. The Hall–Kier alpha value is -3.81. The second-order valence-electron chi connectivity index (χ2n) is 10.2. The SMILES string of the molecule is CC(CS(=O)(=O)CC(=O)c1ccncc1)C(=O)N([C@H](N)[C@@H](C)Cc1ccccc1)S(=O)(=O)c1ccc2c(c1)OCCO2. The molecule has 2 aromatic carbocycles. The molecule has 0 spiro atoms. The summed E-state index contributed by atoms with van der Waals surface area (Å²) in [5, 5.41) is 0. The molecular weight excluding hydrogens is 582 g/mol. The number of sulfonamides is 1. The molecule has 11 nitrogen and oxygen atoms in total. The van der Waals surface area contributed by atoms with Gasteiger partial charge in [0.15, 0.2) is 27.1 Å². The monoisotopic (exact) mass is 615 g/mol. The van der Waals surface area contributed by atoms with Crippen LogP contribution in [0.15, 0.2) is 78.0 Å². The van der Waals surface area contributed by atoms with Crippen molar-refractivity contribution in [1.29, 1.82) is 0 Å². The lowest BCUT2D eigenvalue weighted by molar-refractivity contribution is -0.131. The lowest BCUT2D eigenvalue weighted by Crippen LogP contribution is -2.55. The minimum Gasteiger partial charge on any atom is -0.486 e. The first-order valence-electron chi connectivity index (χ1n) is 13.3. The van der Waals surface area contributed by atoms with Crippen LogP contribution in [0.1, 0.15) is 29.8 Å². The van der Waals surface area contributed by atoms with Crippen LogP contribution < -0.4 is 15.2 Å². The second kappa shape index (κ2) is 13.0. The number of carbonyl (C=O) groups excluding carboxylic acids is 2. The van der Waals surface area contributed by atoms with Crippen LogP contribution >= 0.6 is 0 Å². The first-order chi connectivity index (χ1) is 19.9. The number of sulfone groups is 1. The molecule has 0 bridgehead atoms. The summed E-state index contributed by atoms with van der Waals surface area (Å²) in [4.78, 5) is 29.9. The summed E-state index contributed by atoms with van der Waals surface area (Å²) in [5.41, 5.74) is 7.53. The summed E-state index contributed by atoms with van der Waals surface area (Å²) in [7, 11) is -8.70. The van der Waals surface area contributed by atoms with Crippen LogP contribution in [0.25, 0.3) is 0 Å². The molecule has 3 aromatic rings. The van der Waals surface area contributed by atoms with Gasteiger partial charge in [-0.3, -0.25) is 14.6 Å². The fourth-order valence-electron chi connectivity index (χ4n) is 4.61. The van der Waals surface area contributed by atoms with Gasteiger partial charge in [0.1, 0.15) is 19.0 Å². The number of nitrogens with two attached hydrogens (primary N) is 1. The number of Topliss-reactive ketones (excluding diaryl/α,β-unsaturated/α-hetero) is 1. The van der Waals surface area contributed by atoms with Gasteiger partial charge in [0.05, 0.1) is 22.7 Å². The smallest absolute Gasteiger partial charge is 0.268 e. The molecule has 0 fully saturated rings. The van der Waals surface area contributed by atoms with Crippen molar-refractivity contribution in [3.05, 3.63) is 84.2 Å². The summed E-state index contributed by atoms with van der Waals surface area (Å²) in [6.07, 6.45) is 1.75. The lowest BCUT2D eigenvalue weighted by atomic mass is 9.98. The maximum absolute atomic E-state index is 14.0. The van der Waals surface area contributed by atoms with E-state index in [9.17, 15) is 26.4 Å². The molecule has 13 heteroatoms. The van der Waals surface area contributed by atoms with Gasteiger partial charge in [0.2, 0.25) is 5.91 Å². The Labute approximate surface area is 245 Å². The number of ketones is 1. The number of pyridine rings is 1. The van der Waals surface area contributed by atoms with Crippen molar-refractivity contribution in [2.45, 2.75) is 31.3 Å². The van der Waals surface area contributed by atoms with Crippen LogP contribution in [0.5, 0.6) is 11.5 Å². The Balaban J connectivity index is 1.63. The number of ether oxygens (including phenoxy) is 2. The third kappa shape index (κ3) is 7.33. The second-order valence-corrected chi connectivity index (χ2v) is 14.1. The van der Waals surface area contributed by atoms with Gasteiger partial charge in [-0.05, 0) is 42.2 Å². The van der Waals surface area contributed by atoms with Gasteiger partial charge in [-0.25, -0.2) is 21.1 Å². The van der Waals surface area contributed by atoms with E-state index in [-0.39, 0.29) is 22.8 Å². The molecule has 3 atom stereocenters. The van der Waals surface area contributed by atoms with Crippen molar-refractivity contribution in [3.8, 4) is 11.5 Å². The van der Waals surface area contributed by atoms with E-state index >= 15 is 0 Å². The highest BCUT2D eigenvalue weighted by atomic mass is 32.2. The van der Waals surface area contributed by atoms with Crippen LogP contribution in [0.4, 0.5) is 0 Å². The molecule has 1 aliphatic rings. The zero-order chi connectivity index (χ0) is 30.5. The minimum atomic E-state index is -4.58. The average molecular weight is 616 g/mol. The van der Waals surface area contributed by atoms with Crippen molar-refractivity contribution in [1.82, 2.24) is 9.29 Å². The fraction of sp³-hybridized carbons (Fsp3) is 0.345. The normalized spacial score (nSPS) is 15.3. The molecule has 42 heavy (non-hydrogen) atoms. The highest BCUT2D eigenvalue weighted by molar-refractivity contribution is 7.92. The molecule has 224 valence electrons. The topological polar surface area (TPSA) is 163 Å². The highest BCUT2D eigenvalue weighted by Gasteiger charge is 2.40. The van der Waals surface area contributed by atoms with Crippen molar-refractivity contribution < 1.29 is 35.9 Å². The third-order valence-corrected chi connectivity index (χ3v) is 10.3. The summed E-state index contributed by atoms with van der Waals surface area (Å²) >= 11 is 0. The summed E-state index contributed by atoms with van der Waals surface area (Å²) < 4.78 is 65.5. The maximum Gasteiger partial charge on any atom is 0.268 e. The number of carbonyl (C=O) groups is 2. The first-order valence-corrected chi connectivity index (χ1v) is 16.6. The van der Waals surface area contributed by atoms with Gasteiger partial charge >= 0.3 is 0 Å². The van der Waals surface area contributed by atoms with Crippen molar-refractivity contribution in [3.63, 3.8) is 0 Å². The minimum absolute atomic E-state index is 0.159. The van der Waals surface area contributed by atoms with Gasteiger partial charge in [0.25, 0.3) is 10.0 Å². The first kappa shape index (κ1) is 31.1. The third-order valence-electron chi connectivity index (χ3n) is 6.82. The van der Waals surface area contributed by atoms with Crippen LogP contribution in [-0.4, -0.2) is 68.7 Å². The number of hydrogen-bond donors (Lipinski definition) is 1. The van der Waals surface area contributed by atoms with Gasteiger partial charge in [0, 0.05) is 24.0 Å². The van der Waals surface area contributed by atoms with Crippen LogP contribution in [-0.2, 0) is 31.1 Å². The molecular formula is C29H33N3O8S2. The van der Waals surface area contributed by atoms with Crippen LogP contribution in [0, 0.1) is 11.8 Å². The Bertz CT molecular complexity index is 1630. The van der Waals surface area contributed by atoms with E-state index in [0.29, 0.717) is 23.1 Å². The number of fused-ring (bicyclic) bond motifs is 1. The fourth-order valence-corrected chi connectivity index (χ4v) is 7.87. The standard InChI is InChI=1S/C29H33N3O8S2/c1-20(16-22-6-4-3-5-7-22)28(30)32(42(37,38)24-8-9-26-27(17-24)40-15-14-39-26)29(34)21(2)18-41(35,36)19-25(33)23-10-12-31-13-11-23/h3-13,17,20-21,28H,14-16,18-19,30H2,1-2H3/t20-,21?,28-/m0/s1. The Kier molecular flexibility index (Phi) is 9.64. The number of nitrogens with zero attached hydrogens (tertiary/aromatic N) is 2. The van der Waals surface area contributed by atoms with Crippen LogP contribution in [0.2, 0.25) is 0 Å². The van der Waals surface area contributed by atoms with Gasteiger partial charge < -0.3 is 15.2 Å². The van der Waals surface area contributed by atoms with E-state index in [1.807, 2.05) is 30.3 Å². The van der Waals surface area contributed by atoms with Crippen molar-refractivity contribution >= 4 is 31.6 Å². The summed E-state index contributed by atoms with van der Waals surface area (Å²) in [5.74, 6) is -4.58. The molecule has 2 heterocycles. The quantitative estimate of drug-likeness (QED) is 0.237. The molecule has 1 aromatic heterocycles. The van der Waals surface area contributed by atoms with E-state index in [0.717, 1.165) is 5.56 Å². The average Bonchev–Trinajstić information content (AvgIpc) is 2.97. The van der Waals surface area contributed by atoms with E-state index in [1.54, 1.807) is 6.92 Å². The molecule has 2 N–H and O–H groups in total. The molecule has 4 rings (SSSR count). The number of benzene rings is 2. The highest BCUT2D eigenvalue weighted by Crippen LogP contribution is 2.34. The number of hydrogen-bond acceptors (Lipinski definition) is 10. The van der Waals surface area contributed by atoms with Crippen LogP contribution in [0.3, 0.4) is 0 Å². The Morgan fingerprint density at radius 1 is 0.929 bits per heavy atom.